The molecule has 16 heavy (non-hydrogen) atoms. The van der Waals surface area contributed by atoms with Crippen LogP contribution in [0.4, 0.5) is 4.79 Å². The minimum atomic E-state index is -0.775. The third-order valence-corrected chi connectivity index (χ3v) is 2.92. The average molecular weight is 227 g/mol. The quantitative estimate of drug-likeness (QED) is 0.632. The summed E-state index contributed by atoms with van der Waals surface area (Å²) in [5.74, 6) is 0.0400. The summed E-state index contributed by atoms with van der Waals surface area (Å²) in [5.41, 5.74) is -0.775. The van der Waals surface area contributed by atoms with Crippen molar-refractivity contribution in [2.75, 3.05) is 13.2 Å². The Kier molecular flexibility index (Phi) is 4.00. The van der Waals surface area contributed by atoms with E-state index >= 15 is 0 Å². The number of amides is 3. The number of carbonyl (C=O) groups excluding carboxylic acids is 2. The molecule has 0 atom stereocenters. The monoisotopic (exact) mass is 227 g/mol. The van der Waals surface area contributed by atoms with E-state index in [9.17, 15) is 9.59 Å². The molecule has 0 aliphatic carbocycles. The van der Waals surface area contributed by atoms with E-state index in [0.717, 1.165) is 0 Å². The van der Waals surface area contributed by atoms with Gasteiger partial charge in [0.2, 0.25) is 5.91 Å². The maximum atomic E-state index is 11.8. The molecule has 1 fully saturated rings. The van der Waals surface area contributed by atoms with E-state index in [4.69, 9.17) is 5.11 Å². The van der Waals surface area contributed by atoms with Gasteiger partial charge in [-0.2, -0.15) is 0 Å². The van der Waals surface area contributed by atoms with Gasteiger partial charge in [-0.25, -0.2) is 4.79 Å². The Morgan fingerprint density at radius 3 is 2.38 bits per heavy atom. The van der Waals surface area contributed by atoms with Crippen LogP contribution in [0.2, 0.25) is 0 Å². The summed E-state index contributed by atoms with van der Waals surface area (Å²) in [6.45, 7) is 3.82. The Labute approximate surface area is 94.1 Å². The number of nitrogens with one attached hydrogen (secondary N) is 2. The van der Waals surface area contributed by atoms with E-state index in [2.05, 4.69) is 15.6 Å². The number of aliphatic hydroxyl groups excluding tert-OH is 1. The zero-order valence-electron chi connectivity index (χ0n) is 9.54. The van der Waals surface area contributed by atoms with Gasteiger partial charge in [0.25, 0.3) is 0 Å². The van der Waals surface area contributed by atoms with Crippen molar-refractivity contribution < 1.29 is 14.7 Å². The number of nitrogens with zero attached hydrogens (tertiary/aromatic N) is 1. The fourth-order valence-corrected chi connectivity index (χ4v) is 1.85. The number of aliphatic imine (C=N–C) groups is 1. The van der Waals surface area contributed by atoms with Crippen LogP contribution >= 0.6 is 0 Å². The lowest BCUT2D eigenvalue weighted by atomic mass is 9.79. The Morgan fingerprint density at radius 2 is 1.88 bits per heavy atom. The molecule has 3 N–H and O–H groups in total. The Bertz CT molecular complexity index is 321. The molecule has 0 aromatic heterocycles. The summed E-state index contributed by atoms with van der Waals surface area (Å²) in [4.78, 5) is 27.1. The fourth-order valence-electron chi connectivity index (χ4n) is 1.85. The third kappa shape index (κ3) is 2.06. The molecule has 1 aliphatic rings. The third-order valence-electron chi connectivity index (χ3n) is 2.92. The molecule has 1 aliphatic heterocycles. The van der Waals surface area contributed by atoms with Crippen LogP contribution in [0.3, 0.4) is 0 Å². The zero-order valence-corrected chi connectivity index (χ0v) is 9.54. The molecular weight excluding hydrogens is 210 g/mol. The van der Waals surface area contributed by atoms with Crippen LogP contribution in [-0.2, 0) is 4.79 Å². The Balaban J connectivity index is 3.06. The standard InChI is InChI=1S/C10H17N3O3/c1-3-10(4-2)7(11-5-6-14)12-9(16)13-8(10)15/h14H,3-6H2,1-2H3,(H2,11,12,13,15,16). The SMILES string of the molecule is CCC1(CC)C(=O)NC(=O)NC1=NCCO. The zero-order chi connectivity index (χ0) is 12.2. The molecule has 0 aromatic rings. The maximum Gasteiger partial charge on any atom is 0.326 e. The molecule has 1 heterocycles. The number of imide groups is 1. The van der Waals surface area contributed by atoms with Crippen molar-refractivity contribution in [3.63, 3.8) is 0 Å². The smallest absolute Gasteiger partial charge is 0.326 e. The molecule has 6 nitrogen and oxygen atoms in total. The highest BCUT2D eigenvalue weighted by Crippen LogP contribution is 2.29. The molecular formula is C10H17N3O3. The largest absolute Gasteiger partial charge is 0.394 e. The van der Waals surface area contributed by atoms with E-state index in [0.29, 0.717) is 18.7 Å². The number of aliphatic hydroxyl groups is 1. The van der Waals surface area contributed by atoms with Gasteiger partial charge in [-0.15, -0.1) is 0 Å². The van der Waals surface area contributed by atoms with Crippen molar-refractivity contribution in [1.29, 1.82) is 0 Å². The molecule has 6 heteroatoms. The van der Waals surface area contributed by atoms with Crippen molar-refractivity contribution in [2.24, 2.45) is 10.4 Å². The highest BCUT2D eigenvalue weighted by atomic mass is 16.3. The number of hydrogen-bond acceptors (Lipinski definition) is 4. The van der Waals surface area contributed by atoms with Crippen LogP contribution in [0, 0.1) is 5.41 Å². The van der Waals surface area contributed by atoms with Gasteiger partial charge in [0.05, 0.1) is 13.2 Å². The number of urea groups is 1. The van der Waals surface area contributed by atoms with Crippen molar-refractivity contribution >= 4 is 17.8 Å². The first-order valence-corrected chi connectivity index (χ1v) is 5.39. The topological polar surface area (TPSA) is 90.8 Å². The predicted molar refractivity (Wildman–Crippen MR) is 59.1 cm³/mol. The van der Waals surface area contributed by atoms with Crippen LogP contribution in [0.5, 0.6) is 0 Å². The van der Waals surface area contributed by atoms with E-state index in [1.165, 1.54) is 0 Å². The molecule has 1 rings (SSSR count). The molecule has 0 unspecified atom stereocenters. The summed E-state index contributed by atoms with van der Waals surface area (Å²) in [5, 5.41) is 13.5. The second-order valence-corrected chi connectivity index (χ2v) is 3.65. The van der Waals surface area contributed by atoms with Gasteiger partial charge in [0, 0.05) is 0 Å². The molecule has 0 radical (unpaired) electrons. The van der Waals surface area contributed by atoms with Gasteiger partial charge in [-0.05, 0) is 12.8 Å². The fraction of sp³-hybridized carbons (Fsp3) is 0.700. The highest BCUT2D eigenvalue weighted by molar-refractivity contribution is 6.20. The minimum absolute atomic E-state index is 0.107. The molecule has 3 amide bonds. The van der Waals surface area contributed by atoms with Crippen LogP contribution < -0.4 is 10.6 Å². The Hall–Kier alpha value is -1.43. The summed E-state index contributed by atoms with van der Waals surface area (Å²) < 4.78 is 0. The second-order valence-electron chi connectivity index (χ2n) is 3.65. The summed E-state index contributed by atoms with van der Waals surface area (Å²) in [6, 6.07) is -0.556. The van der Waals surface area contributed by atoms with E-state index in [1.54, 1.807) is 0 Å². The summed E-state index contributed by atoms with van der Waals surface area (Å²) in [7, 11) is 0. The minimum Gasteiger partial charge on any atom is -0.394 e. The van der Waals surface area contributed by atoms with E-state index in [1.807, 2.05) is 13.8 Å². The number of amidine groups is 1. The first-order chi connectivity index (χ1) is 7.60. The first-order valence-electron chi connectivity index (χ1n) is 5.39. The molecule has 1 saturated heterocycles. The van der Waals surface area contributed by atoms with Crippen molar-refractivity contribution in [1.82, 2.24) is 10.6 Å². The average Bonchev–Trinajstić information content (AvgIpc) is 2.26. The lowest BCUT2D eigenvalue weighted by molar-refractivity contribution is -0.127. The second kappa shape index (κ2) is 5.07. The van der Waals surface area contributed by atoms with Crippen molar-refractivity contribution in [3.8, 4) is 0 Å². The summed E-state index contributed by atoms with van der Waals surface area (Å²) >= 11 is 0. The number of carbonyl (C=O) groups is 2. The van der Waals surface area contributed by atoms with Gasteiger partial charge in [-0.3, -0.25) is 20.4 Å². The lowest BCUT2D eigenvalue weighted by Gasteiger charge is -2.35. The first kappa shape index (κ1) is 12.6. The lowest BCUT2D eigenvalue weighted by Crippen LogP contribution is -2.62. The summed E-state index contributed by atoms with van der Waals surface area (Å²) in [6.07, 6.45) is 1.11. The molecule has 90 valence electrons. The Morgan fingerprint density at radius 1 is 1.25 bits per heavy atom. The highest BCUT2D eigenvalue weighted by Gasteiger charge is 2.45. The van der Waals surface area contributed by atoms with Gasteiger partial charge < -0.3 is 5.11 Å². The number of rotatable bonds is 4. The predicted octanol–water partition coefficient (Wildman–Crippen LogP) is 0.0230. The molecule has 0 saturated carbocycles. The maximum absolute atomic E-state index is 11.8. The number of hydrogen-bond donors (Lipinski definition) is 3. The normalized spacial score (nSPS) is 21.8. The van der Waals surface area contributed by atoms with Crippen LogP contribution in [0.25, 0.3) is 0 Å². The van der Waals surface area contributed by atoms with Crippen LogP contribution in [0.1, 0.15) is 26.7 Å². The van der Waals surface area contributed by atoms with Gasteiger partial charge in [-0.1, -0.05) is 13.8 Å². The van der Waals surface area contributed by atoms with Crippen molar-refractivity contribution in [2.45, 2.75) is 26.7 Å². The van der Waals surface area contributed by atoms with Gasteiger partial charge in [0.15, 0.2) is 0 Å². The van der Waals surface area contributed by atoms with Gasteiger partial charge >= 0.3 is 6.03 Å². The van der Waals surface area contributed by atoms with Crippen LogP contribution in [0.15, 0.2) is 4.99 Å². The molecule has 0 spiro atoms. The molecule has 0 bridgehead atoms. The van der Waals surface area contributed by atoms with E-state index < -0.39 is 11.4 Å². The van der Waals surface area contributed by atoms with Crippen molar-refractivity contribution in [3.05, 3.63) is 0 Å². The van der Waals surface area contributed by atoms with E-state index in [-0.39, 0.29) is 19.1 Å². The molecule has 0 aromatic carbocycles. The van der Waals surface area contributed by atoms with Gasteiger partial charge in [0.1, 0.15) is 11.3 Å². The van der Waals surface area contributed by atoms with Crippen LogP contribution in [-0.4, -0.2) is 36.0 Å².